The van der Waals surface area contributed by atoms with E-state index in [0.29, 0.717) is 18.6 Å². The Bertz CT molecular complexity index is 3990. The summed E-state index contributed by atoms with van der Waals surface area (Å²) >= 11 is 0. The number of Topliss-reactive ketones (excluding diaryl/α,β-unsaturated/α-hetero) is 2. The van der Waals surface area contributed by atoms with E-state index in [-0.39, 0.29) is 98.8 Å². The Morgan fingerprint density at radius 3 is 1.83 bits per heavy atom. The van der Waals surface area contributed by atoms with Crippen molar-refractivity contribution in [1.82, 2.24) is 16.0 Å². The van der Waals surface area contributed by atoms with Gasteiger partial charge in [0, 0.05) is 86.1 Å². The maximum absolute atomic E-state index is 14.3. The van der Waals surface area contributed by atoms with Crippen LogP contribution >= 0.6 is 0 Å². The Kier molecular flexibility index (Phi) is 38.5. The molecule has 0 spiro atoms. The van der Waals surface area contributed by atoms with Gasteiger partial charge in [-0.15, -0.1) is 25.3 Å². The lowest BCUT2D eigenvalue weighted by atomic mass is 9.81. The summed E-state index contributed by atoms with van der Waals surface area (Å²) in [4.78, 5) is 107. The number of para-hydroxylation sites is 2. The summed E-state index contributed by atoms with van der Waals surface area (Å²) in [6.07, 6.45) is 23.7. The average molecular weight is 1490 g/mol. The molecule has 105 heavy (non-hydrogen) atoms. The number of nitrogens with one attached hydrogen (secondary N) is 3. The van der Waals surface area contributed by atoms with Crippen LogP contribution in [0.15, 0.2) is 150 Å². The molecule has 1 aliphatic carbocycles. The van der Waals surface area contributed by atoms with Crippen molar-refractivity contribution in [3.8, 4) is 5.75 Å². The lowest BCUT2D eigenvalue weighted by Gasteiger charge is -2.27. The first kappa shape index (κ1) is 87.6. The topological polar surface area (TPSA) is 368 Å². The standard InChI is InChI=1S/C78H101N5O11.CO2.2O3S/c1-7-9-24-50-82-66-35-22-20-33-62(66)77(3,4)69(82)47-41-57-30-26-31-58(42-48-70-78(5,6)63-34-21-23-36-67(63)83(70)51-25-10-8-2)73(57)94-61-44-39-56(40-45-61)52-59(74(89)90)54-68(85)65(53-55-28-16-15-17-29-55)80-71(86)37-19-14-12-11-13-18-32-60(84)43-46-64(75(91)92)81-76(93)79-49-27-38-72(87)88;2-1-3;2*1-4(2)3/h15-17,20-23,28-29,33-36,39-42,44-45,47-48,59,64-65H,7-14,18-19,24-27,30-32,37-38,43,46,49-54H2,1-6H3,(H5-,79,80,81,86,87,88,89,90,91,92,93);;;/p+1/t59-,64+,65+;;;/m1.../s1. The van der Waals surface area contributed by atoms with Gasteiger partial charge in [-0.1, -0.05) is 158 Å². The number of ether oxygens (including phenoxy) is 1. The fourth-order valence-corrected chi connectivity index (χ4v) is 13.3. The van der Waals surface area contributed by atoms with Crippen LogP contribution in [0.3, 0.4) is 0 Å². The van der Waals surface area contributed by atoms with Crippen molar-refractivity contribution in [2.24, 2.45) is 5.92 Å². The van der Waals surface area contributed by atoms with E-state index in [4.69, 9.17) is 44.7 Å². The number of urea groups is 1. The number of hydrogen-bond acceptors (Lipinski definition) is 17. The van der Waals surface area contributed by atoms with Crippen LogP contribution in [0.25, 0.3) is 0 Å². The summed E-state index contributed by atoms with van der Waals surface area (Å²) < 4.78 is 60.3. The number of amides is 3. The molecule has 4 aromatic rings. The summed E-state index contributed by atoms with van der Waals surface area (Å²) in [6, 6.07) is 31.6. The summed E-state index contributed by atoms with van der Waals surface area (Å²) in [5.74, 6) is -3.73. The predicted molar refractivity (Wildman–Crippen MR) is 395 cm³/mol. The number of anilines is 1. The maximum Gasteiger partial charge on any atom is 0.425 e. The highest BCUT2D eigenvalue weighted by atomic mass is 32.2. The van der Waals surface area contributed by atoms with Crippen molar-refractivity contribution in [3.63, 3.8) is 0 Å². The van der Waals surface area contributed by atoms with Crippen LogP contribution < -0.4 is 25.6 Å². The fourth-order valence-electron chi connectivity index (χ4n) is 13.3. The van der Waals surface area contributed by atoms with Gasteiger partial charge in [0.2, 0.25) is 11.6 Å². The van der Waals surface area contributed by atoms with E-state index in [1.165, 1.54) is 33.9 Å². The molecule has 0 unspecified atom stereocenters. The minimum absolute atomic E-state index is 0.0137. The minimum Gasteiger partial charge on any atom is -0.481 e. The van der Waals surface area contributed by atoms with Gasteiger partial charge >= 0.3 is 51.3 Å². The third-order valence-corrected chi connectivity index (χ3v) is 18.6. The van der Waals surface area contributed by atoms with Gasteiger partial charge in [0.25, 0.3) is 0 Å². The van der Waals surface area contributed by atoms with Crippen LogP contribution in [0.5, 0.6) is 5.75 Å². The second-order valence-electron chi connectivity index (χ2n) is 27.1. The first-order valence-electron chi connectivity index (χ1n) is 35.9. The molecule has 2 heterocycles. The van der Waals surface area contributed by atoms with Gasteiger partial charge in [0.15, 0.2) is 11.5 Å². The fraction of sp³-hybridized carbons (Fsp3) is 0.481. The second-order valence-corrected chi connectivity index (χ2v) is 27.9. The first-order valence-corrected chi connectivity index (χ1v) is 37.9. The number of aliphatic carboxylic acids is 3. The number of allylic oxidation sites excluding steroid dienone is 7. The number of benzene rings is 4. The molecule has 7 rings (SSSR count). The molecule has 24 nitrogen and oxygen atoms in total. The minimum atomic E-state index is -3.11. The monoisotopic (exact) mass is 1490 g/mol. The molecule has 26 heteroatoms. The SMILES string of the molecule is CCCCCN1/C(=C/C=C2\CCCC(/C=C/C3=[N+](CCCCC)c4ccccc4C3(C)C)=C2Oc2ccc(C[C@H](CC(=O)[C@H](Cc3ccccc3)NC(=O)CCCCCCCCC(=O)CC[C@H](NC(=O)NCCCC(=O)O)C(=O)O)C(=O)O)cc2)C(C)(C)c2ccccc21.O=C=O.O=S(=O)=O.O=S(=O)=O. The molecular weight excluding hydrogens is 1390 g/mol. The zero-order valence-corrected chi connectivity index (χ0v) is 62.7. The average Bonchev–Trinajstić information content (AvgIpc) is 1.61. The highest BCUT2D eigenvalue weighted by Crippen LogP contribution is 2.48. The van der Waals surface area contributed by atoms with Crippen molar-refractivity contribution < 1.29 is 93.0 Å². The number of carbonyl (C=O) groups is 7. The van der Waals surface area contributed by atoms with Crippen molar-refractivity contribution in [2.75, 3.05) is 24.5 Å². The first-order chi connectivity index (χ1) is 50.1. The largest absolute Gasteiger partial charge is 0.481 e. The zero-order valence-electron chi connectivity index (χ0n) is 61.0. The van der Waals surface area contributed by atoms with Gasteiger partial charge in [-0.2, -0.15) is 14.2 Å². The lowest BCUT2D eigenvalue weighted by Crippen LogP contribution is -2.46. The summed E-state index contributed by atoms with van der Waals surface area (Å²) in [7, 11) is -6.22. The number of hydrogen-bond donors (Lipinski definition) is 6. The van der Waals surface area contributed by atoms with Crippen molar-refractivity contribution >= 4 is 85.9 Å². The molecule has 0 saturated heterocycles. The van der Waals surface area contributed by atoms with E-state index in [9.17, 15) is 43.8 Å². The molecule has 0 saturated carbocycles. The maximum atomic E-state index is 14.3. The highest BCUT2D eigenvalue weighted by molar-refractivity contribution is 7.59. The van der Waals surface area contributed by atoms with Crippen molar-refractivity contribution in [1.29, 1.82) is 0 Å². The third kappa shape index (κ3) is 30.1. The van der Waals surface area contributed by atoms with Crippen molar-refractivity contribution in [3.05, 3.63) is 172 Å². The highest BCUT2D eigenvalue weighted by Gasteiger charge is 2.44. The molecule has 0 aromatic heterocycles. The van der Waals surface area contributed by atoms with Crippen LogP contribution in [-0.4, -0.2) is 130 Å². The Hall–Kier alpha value is -9.78. The molecule has 0 fully saturated rings. The van der Waals surface area contributed by atoms with Gasteiger partial charge in [0.1, 0.15) is 29.9 Å². The normalized spacial score (nSPS) is 15.4. The molecule has 6 N–H and O–H groups in total. The van der Waals surface area contributed by atoms with Gasteiger partial charge in [-0.25, -0.2) is 9.59 Å². The molecule has 3 atom stereocenters. The van der Waals surface area contributed by atoms with Crippen LogP contribution in [0.4, 0.5) is 16.2 Å². The van der Waals surface area contributed by atoms with Crippen LogP contribution in [0.2, 0.25) is 0 Å². The number of fused-ring (bicyclic) bond motifs is 2. The Morgan fingerprint density at radius 2 is 1.20 bits per heavy atom. The number of carbonyl (C=O) groups excluding carboxylic acids is 6. The number of nitrogens with zero attached hydrogens (tertiary/aromatic N) is 2. The molecule has 3 aliphatic rings. The predicted octanol–water partition coefficient (Wildman–Crippen LogP) is 12.6. The van der Waals surface area contributed by atoms with Crippen LogP contribution in [0.1, 0.15) is 205 Å². The Morgan fingerprint density at radius 1 is 0.610 bits per heavy atom. The van der Waals surface area contributed by atoms with E-state index >= 15 is 0 Å². The van der Waals surface area contributed by atoms with E-state index < -0.39 is 63.2 Å². The number of carboxylic acid groups (broad SMARTS) is 3. The molecule has 2 aliphatic heterocycles. The van der Waals surface area contributed by atoms with E-state index in [0.717, 1.165) is 125 Å². The summed E-state index contributed by atoms with van der Waals surface area (Å²) in [5, 5.41) is 36.6. The van der Waals surface area contributed by atoms with Crippen molar-refractivity contribution in [2.45, 2.75) is 219 Å². The number of unbranched alkanes of at least 4 members (excludes halogenated alkanes) is 9. The zero-order chi connectivity index (χ0) is 77.5. The van der Waals surface area contributed by atoms with E-state index in [1.54, 1.807) is 0 Å². The summed E-state index contributed by atoms with van der Waals surface area (Å²) in [6.45, 7) is 15.7. The molecule has 568 valence electrons. The number of rotatable bonds is 40. The quantitative estimate of drug-likeness (QED) is 0.0178. The number of carboxylic acids is 3. The van der Waals surface area contributed by atoms with Crippen LogP contribution in [0, 0.1) is 5.92 Å². The van der Waals surface area contributed by atoms with Gasteiger partial charge < -0.3 is 40.9 Å². The number of ketones is 2. The molecule has 4 aromatic carbocycles. The van der Waals surface area contributed by atoms with E-state index in [2.05, 4.69) is 140 Å². The van der Waals surface area contributed by atoms with Gasteiger partial charge in [0.05, 0.1) is 17.4 Å². The lowest BCUT2D eigenvalue weighted by molar-refractivity contribution is -0.438. The summed E-state index contributed by atoms with van der Waals surface area (Å²) in [5.41, 5.74) is 11.1. The van der Waals surface area contributed by atoms with Gasteiger partial charge in [-0.05, 0) is 143 Å². The molecule has 0 radical (unpaired) electrons. The smallest absolute Gasteiger partial charge is 0.425 e. The molecule has 0 bridgehead atoms. The molecule has 3 amide bonds. The third-order valence-electron chi connectivity index (χ3n) is 18.6. The molecular formula is C79H102N5O19S2+. The van der Waals surface area contributed by atoms with E-state index in [1.807, 2.05) is 54.6 Å². The Labute approximate surface area is 618 Å². The van der Waals surface area contributed by atoms with Crippen LogP contribution in [-0.2, 0) is 83.2 Å². The Balaban J connectivity index is 0.00000198. The second kappa shape index (κ2) is 46.1. The van der Waals surface area contributed by atoms with Gasteiger partial charge in [-0.3, -0.25) is 24.0 Å².